The van der Waals surface area contributed by atoms with Crippen LogP contribution in [0.4, 0.5) is 0 Å². The molecule has 0 amide bonds. The van der Waals surface area contributed by atoms with Crippen LogP contribution in [0.2, 0.25) is 0 Å². The number of ether oxygens (including phenoxy) is 1. The zero-order valence-electron chi connectivity index (χ0n) is 22.6. The van der Waals surface area contributed by atoms with Crippen LogP contribution < -0.4 is 0 Å². The minimum absolute atomic E-state index is 0.0876. The van der Waals surface area contributed by atoms with Gasteiger partial charge in [-0.2, -0.15) is 0 Å². The molecule has 3 fully saturated rings. The molecule has 0 spiro atoms. The fourth-order valence-electron chi connectivity index (χ4n) is 4.78. The van der Waals surface area contributed by atoms with Gasteiger partial charge in [0.25, 0.3) is 0 Å². The molecule has 2 aliphatic heterocycles. The molecule has 0 aromatic rings. The van der Waals surface area contributed by atoms with E-state index in [0.29, 0.717) is 23.1 Å². The van der Waals surface area contributed by atoms with Crippen LogP contribution in [0.5, 0.6) is 0 Å². The topological polar surface area (TPSA) is 63.2 Å². The Bertz CT molecular complexity index is 703. The lowest BCUT2D eigenvalue weighted by Crippen LogP contribution is -2.41. The van der Waals surface area contributed by atoms with Crippen molar-refractivity contribution in [2.24, 2.45) is 17.8 Å². The lowest BCUT2D eigenvalue weighted by atomic mass is 9.57. The van der Waals surface area contributed by atoms with Gasteiger partial charge in [0.1, 0.15) is 6.10 Å². The van der Waals surface area contributed by atoms with Gasteiger partial charge in [-0.25, -0.2) is 4.79 Å². The summed E-state index contributed by atoms with van der Waals surface area (Å²) in [6.07, 6.45) is 4.56. The van der Waals surface area contributed by atoms with E-state index in [4.69, 9.17) is 23.4 Å². The van der Waals surface area contributed by atoms with Gasteiger partial charge in [0.15, 0.2) is 0 Å². The second kappa shape index (κ2) is 9.00. The maximum absolute atomic E-state index is 13.2. The molecule has 186 valence electrons. The van der Waals surface area contributed by atoms with E-state index in [2.05, 4.69) is 20.8 Å². The van der Waals surface area contributed by atoms with Crippen molar-refractivity contribution in [2.75, 3.05) is 0 Å². The first-order valence-corrected chi connectivity index (χ1v) is 12.6. The van der Waals surface area contributed by atoms with Gasteiger partial charge in [0.2, 0.25) is 0 Å². The molecule has 6 nitrogen and oxygen atoms in total. The van der Waals surface area contributed by atoms with Crippen LogP contribution in [0.15, 0.2) is 11.4 Å². The van der Waals surface area contributed by atoms with Gasteiger partial charge < -0.3 is 23.4 Å². The molecule has 0 aromatic heterocycles. The van der Waals surface area contributed by atoms with E-state index in [1.54, 1.807) is 0 Å². The number of hydrogen-bond donors (Lipinski definition) is 0. The van der Waals surface area contributed by atoms with Gasteiger partial charge in [-0.15, -0.1) is 0 Å². The second-order valence-corrected chi connectivity index (χ2v) is 12.6. The molecule has 3 aliphatic rings. The fraction of sp³-hybridized carbons (Fsp3) is 0.880. The number of hydrogen-bond acceptors (Lipinski definition) is 6. The zero-order valence-corrected chi connectivity index (χ0v) is 22.6. The molecule has 1 saturated carbocycles. The van der Waals surface area contributed by atoms with Crippen molar-refractivity contribution in [3.63, 3.8) is 0 Å². The van der Waals surface area contributed by atoms with Gasteiger partial charge in [-0.1, -0.05) is 27.2 Å². The summed E-state index contributed by atoms with van der Waals surface area (Å²) in [6, 6.07) is 0. The van der Waals surface area contributed by atoms with Crippen LogP contribution in [0.1, 0.15) is 95.4 Å². The summed E-state index contributed by atoms with van der Waals surface area (Å²) in [5.41, 5.74) is -2.20. The molecule has 3 rings (SSSR count). The molecule has 8 heteroatoms. The predicted octanol–water partition coefficient (Wildman–Crippen LogP) is 5.18. The maximum atomic E-state index is 13.2. The highest BCUT2D eigenvalue weighted by atomic mass is 16.7. The molecule has 2 saturated heterocycles. The summed E-state index contributed by atoms with van der Waals surface area (Å²) in [4.78, 5) is 13.2. The van der Waals surface area contributed by atoms with Gasteiger partial charge >= 0.3 is 20.2 Å². The van der Waals surface area contributed by atoms with Gasteiger partial charge in [0.05, 0.1) is 22.4 Å². The SMILES string of the molecule is CC(C)[C@@H]1CC[C@@H](C)CC1OC(=O)C=C(B1OC(C)(C)C(C)(C)O1)B1OC(C)(C)C(C)(C)O1. The molecule has 0 bridgehead atoms. The molecule has 0 aromatic carbocycles. The summed E-state index contributed by atoms with van der Waals surface area (Å²) >= 11 is 0. The van der Waals surface area contributed by atoms with Crippen LogP contribution >= 0.6 is 0 Å². The first-order valence-electron chi connectivity index (χ1n) is 12.6. The number of carbonyl (C=O) groups excluding carboxylic acids is 1. The summed E-state index contributed by atoms with van der Waals surface area (Å²) in [7, 11) is -1.52. The third-order valence-electron chi connectivity index (χ3n) is 8.56. The van der Waals surface area contributed by atoms with Gasteiger partial charge in [0, 0.05) is 6.08 Å². The van der Waals surface area contributed by atoms with Crippen molar-refractivity contribution in [2.45, 2.75) is 124 Å². The third-order valence-corrected chi connectivity index (χ3v) is 8.56. The molecule has 1 aliphatic carbocycles. The minimum Gasteiger partial charge on any atom is -0.459 e. The lowest BCUT2D eigenvalue weighted by Gasteiger charge is -2.36. The first-order chi connectivity index (χ1) is 15.0. The number of esters is 1. The van der Waals surface area contributed by atoms with Crippen molar-refractivity contribution in [3.05, 3.63) is 11.4 Å². The molecule has 1 unspecified atom stereocenters. The Morgan fingerprint density at radius 3 is 1.67 bits per heavy atom. The highest BCUT2D eigenvalue weighted by Gasteiger charge is 2.59. The Balaban J connectivity index is 1.88. The largest absolute Gasteiger partial charge is 0.486 e. The minimum atomic E-state index is -0.761. The van der Waals surface area contributed by atoms with Crippen LogP contribution in [-0.4, -0.2) is 48.7 Å². The molecular weight excluding hydrogens is 418 g/mol. The van der Waals surface area contributed by atoms with Gasteiger partial charge in [-0.3, -0.25) is 0 Å². The fourth-order valence-corrected chi connectivity index (χ4v) is 4.78. The van der Waals surface area contributed by atoms with Crippen molar-refractivity contribution in [1.29, 1.82) is 0 Å². The molecule has 3 atom stereocenters. The van der Waals surface area contributed by atoms with Crippen LogP contribution in [0.25, 0.3) is 0 Å². The van der Waals surface area contributed by atoms with Crippen molar-refractivity contribution >= 4 is 20.2 Å². The van der Waals surface area contributed by atoms with Gasteiger partial charge in [-0.05, 0) is 91.4 Å². The van der Waals surface area contributed by atoms with Crippen molar-refractivity contribution in [1.82, 2.24) is 0 Å². The normalized spacial score (nSPS) is 32.2. The molecule has 33 heavy (non-hydrogen) atoms. The van der Waals surface area contributed by atoms with Crippen LogP contribution in [-0.2, 0) is 28.1 Å². The summed E-state index contributed by atoms with van der Waals surface area (Å²) < 4.78 is 31.2. The van der Waals surface area contributed by atoms with Crippen LogP contribution in [0, 0.1) is 17.8 Å². The average Bonchev–Trinajstić information content (AvgIpc) is 2.98. The summed E-state index contributed by atoms with van der Waals surface area (Å²) in [5.74, 6) is 0.993. The highest BCUT2D eigenvalue weighted by Crippen LogP contribution is 2.43. The Labute approximate surface area is 201 Å². The summed E-state index contributed by atoms with van der Waals surface area (Å²) in [6.45, 7) is 22.6. The zero-order chi connectivity index (χ0) is 25.0. The standard InChI is InChI=1S/C25H44B2O6/c1-16(2)18-13-12-17(3)14-19(18)29-21(28)15-20(26-30-22(4,5)23(6,7)31-26)27-32-24(8,9)25(10,11)33-27/h15-19H,12-14H2,1-11H3/t17-,18+,19?/m1/s1. The smallest absolute Gasteiger partial charge is 0.459 e. The molecule has 2 heterocycles. The van der Waals surface area contributed by atoms with E-state index < -0.39 is 36.6 Å². The monoisotopic (exact) mass is 462 g/mol. The van der Waals surface area contributed by atoms with E-state index in [1.165, 1.54) is 12.5 Å². The van der Waals surface area contributed by atoms with E-state index >= 15 is 0 Å². The predicted molar refractivity (Wildman–Crippen MR) is 131 cm³/mol. The Morgan fingerprint density at radius 2 is 1.27 bits per heavy atom. The number of carbonyl (C=O) groups is 1. The van der Waals surface area contributed by atoms with Crippen LogP contribution in [0.3, 0.4) is 0 Å². The Morgan fingerprint density at radius 1 is 0.848 bits per heavy atom. The quantitative estimate of drug-likeness (QED) is 0.319. The molecule has 0 radical (unpaired) electrons. The maximum Gasteiger partial charge on any atom is 0.486 e. The molecular formula is C25H44B2O6. The number of rotatable bonds is 5. The first kappa shape index (κ1) is 26.8. The van der Waals surface area contributed by atoms with Crippen molar-refractivity contribution in [3.8, 4) is 0 Å². The summed E-state index contributed by atoms with van der Waals surface area (Å²) in [5, 5.41) is 0.516. The van der Waals surface area contributed by atoms with E-state index in [1.807, 2.05) is 55.4 Å². The van der Waals surface area contributed by atoms with E-state index in [0.717, 1.165) is 12.8 Å². The average molecular weight is 462 g/mol. The lowest BCUT2D eigenvalue weighted by molar-refractivity contribution is -0.149. The Hall–Kier alpha value is -0.820. The van der Waals surface area contributed by atoms with E-state index in [9.17, 15) is 4.79 Å². The Kier molecular flexibility index (Phi) is 7.30. The highest BCUT2D eigenvalue weighted by molar-refractivity contribution is 6.78. The third kappa shape index (κ3) is 5.39. The van der Waals surface area contributed by atoms with E-state index in [-0.39, 0.29) is 12.1 Å². The molecule has 0 N–H and O–H groups in total. The second-order valence-electron chi connectivity index (χ2n) is 12.6. The van der Waals surface area contributed by atoms with Crippen molar-refractivity contribution < 1.29 is 28.1 Å².